The van der Waals surface area contributed by atoms with Crippen molar-refractivity contribution in [1.82, 2.24) is 0 Å². The maximum absolute atomic E-state index is 13.0. The molecular weight excluding hydrogens is 1110 g/mol. The van der Waals surface area contributed by atoms with Gasteiger partial charge in [-0.1, -0.05) is 261 Å². The van der Waals surface area contributed by atoms with E-state index in [0.29, 0.717) is 31.6 Å². The summed E-state index contributed by atoms with van der Waals surface area (Å²) >= 11 is 0. The molecule has 0 aliphatic carbocycles. The van der Waals surface area contributed by atoms with Crippen LogP contribution in [0.25, 0.3) is 0 Å². The number of phosphoric acid groups is 2. The van der Waals surface area contributed by atoms with Crippen LogP contribution in [0.1, 0.15) is 312 Å². The topological polar surface area (TPSA) is 237 Å². The molecule has 3 unspecified atom stereocenters. The van der Waals surface area contributed by atoms with Crippen LogP contribution in [0.15, 0.2) is 0 Å². The lowest BCUT2D eigenvalue weighted by Crippen LogP contribution is -2.30. The second kappa shape index (κ2) is 55.2. The molecule has 0 fully saturated rings. The van der Waals surface area contributed by atoms with Gasteiger partial charge >= 0.3 is 39.5 Å². The first-order chi connectivity index (χ1) is 40.1. The van der Waals surface area contributed by atoms with Crippen LogP contribution in [0.3, 0.4) is 0 Å². The summed E-state index contributed by atoms with van der Waals surface area (Å²) in [7, 11) is -9.89. The monoisotopic (exact) mass is 1240 g/mol. The van der Waals surface area contributed by atoms with Gasteiger partial charge in [0.2, 0.25) is 0 Å². The average Bonchev–Trinajstić information content (AvgIpc) is 3.46. The maximum atomic E-state index is 13.0. The van der Waals surface area contributed by atoms with Gasteiger partial charge in [-0.3, -0.25) is 37.3 Å². The highest BCUT2D eigenvalue weighted by Gasteiger charge is 2.30. The number of ether oxygens (including phenoxy) is 4. The molecule has 19 heteroatoms. The number of carbonyl (C=O) groups excluding carboxylic acids is 4. The molecule has 0 spiro atoms. The number of esters is 4. The number of aliphatic hydroxyl groups excluding tert-OH is 1. The van der Waals surface area contributed by atoms with E-state index in [2.05, 4.69) is 55.4 Å². The van der Waals surface area contributed by atoms with E-state index in [-0.39, 0.29) is 25.7 Å². The fourth-order valence-electron chi connectivity index (χ4n) is 9.57. The second-order valence-corrected chi connectivity index (χ2v) is 28.1. The standard InChI is InChI=1S/C65H126O17P2/c1-9-58(8)44-36-28-23-24-30-38-46-63(68)76-52-61(81-64(69)47-39-31-21-15-14-18-26-34-42-56(4)5)54-80-84(73,74)78-50-59(66)49-77-83(71,72)79-53-60(82-65(70)48-40-32-22-16-19-27-35-43-57(6)7)51-75-62(67)45-37-29-20-13-11-10-12-17-25-33-41-55(2)3/h55-61,66H,9-54H2,1-8H3,(H,71,72)(H,73,74)/t58?,59-,60-,61-/m1/s1. The Morgan fingerprint density at radius 2 is 0.571 bits per heavy atom. The first kappa shape index (κ1) is 82.1. The smallest absolute Gasteiger partial charge is 0.462 e. The third-order valence-electron chi connectivity index (χ3n) is 15.2. The van der Waals surface area contributed by atoms with Crippen molar-refractivity contribution >= 4 is 39.5 Å². The molecule has 0 saturated heterocycles. The lowest BCUT2D eigenvalue weighted by atomic mass is 10.00. The van der Waals surface area contributed by atoms with E-state index >= 15 is 0 Å². The van der Waals surface area contributed by atoms with Crippen LogP contribution < -0.4 is 0 Å². The molecule has 0 rings (SSSR count). The Labute approximate surface area is 511 Å². The summed E-state index contributed by atoms with van der Waals surface area (Å²) in [6.45, 7) is 14.0. The number of phosphoric ester groups is 2. The molecule has 0 bridgehead atoms. The highest BCUT2D eigenvalue weighted by Crippen LogP contribution is 2.45. The Morgan fingerprint density at radius 3 is 0.845 bits per heavy atom. The Hall–Kier alpha value is -1.94. The van der Waals surface area contributed by atoms with Crippen LogP contribution in [0, 0.1) is 23.7 Å². The van der Waals surface area contributed by atoms with Crippen LogP contribution in [-0.4, -0.2) is 96.7 Å². The van der Waals surface area contributed by atoms with Crippen LogP contribution in [0.2, 0.25) is 0 Å². The predicted octanol–water partition coefficient (Wildman–Crippen LogP) is 17.8. The highest BCUT2D eigenvalue weighted by atomic mass is 31.2. The Morgan fingerprint density at radius 1 is 0.333 bits per heavy atom. The quantitative estimate of drug-likeness (QED) is 0.0222. The molecule has 0 aromatic carbocycles. The molecule has 0 aliphatic rings. The van der Waals surface area contributed by atoms with Gasteiger partial charge in [-0.15, -0.1) is 0 Å². The average molecular weight is 1240 g/mol. The predicted molar refractivity (Wildman–Crippen MR) is 335 cm³/mol. The molecule has 0 radical (unpaired) electrons. The SMILES string of the molecule is CCC(C)CCCCCCCCC(=O)OC[C@H](COP(=O)(O)OC[C@H](O)COP(=O)(O)OC[C@@H](COC(=O)CCCCCCCCCCCCC(C)C)OC(=O)CCCCCCCCCC(C)C)OC(=O)CCCCCCCCCCC(C)C. The van der Waals surface area contributed by atoms with Gasteiger partial charge in [-0.2, -0.15) is 0 Å². The third-order valence-corrected chi connectivity index (χ3v) is 17.1. The van der Waals surface area contributed by atoms with E-state index in [4.69, 9.17) is 37.0 Å². The number of hydrogen-bond donors (Lipinski definition) is 3. The Bertz CT molecular complexity index is 1680. The summed E-state index contributed by atoms with van der Waals surface area (Å²) in [6.07, 6.45) is 35.0. The summed E-state index contributed by atoms with van der Waals surface area (Å²) in [5, 5.41) is 10.5. The molecule has 498 valence electrons. The lowest BCUT2D eigenvalue weighted by molar-refractivity contribution is -0.161. The summed E-state index contributed by atoms with van der Waals surface area (Å²) in [4.78, 5) is 72.2. The molecule has 0 aliphatic heterocycles. The molecule has 0 heterocycles. The molecule has 0 amide bonds. The molecule has 0 aromatic rings. The van der Waals surface area contributed by atoms with Crippen molar-refractivity contribution in [2.75, 3.05) is 39.6 Å². The normalized spacial score (nSPS) is 14.7. The minimum Gasteiger partial charge on any atom is -0.462 e. The molecule has 17 nitrogen and oxygen atoms in total. The maximum Gasteiger partial charge on any atom is 0.472 e. The van der Waals surface area contributed by atoms with E-state index in [1.807, 2.05) is 0 Å². The van der Waals surface area contributed by atoms with Crippen molar-refractivity contribution in [3.8, 4) is 0 Å². The van der Waals surface area contributed by atoms with E-state index in [0.717, 1.165) is 114 Å². The van der Waals surface area contributed by atoms with Gasteiger partial charge < -0.3 is 33.8 Å². The lowest BCUT2D eigenvalue weighted by Gasteiger charge is -2.21. The summed E-state index contributed by atoms with van der Waals surface area (Å²) < 4.78 is 68.0. The first-order valence-corrected chi connectivity index (χ1v) is 36.7. The van der Waals surface area contributed by atoms with Crippen molar-refractivity contribution in [3.05, 3.63) is 0 Å². The fourth-order valence-corrected chi connectivity index (χ4v) is 11.2. The van der Waals surface area contributed by atoms with Crippen molar-refractivity contribution < 1.29 is 80.2 Å². The number of rotatable bonds is 62. The number of carbonyl (C=O) groups is 4. The summed E-state index contributed by atoms with van der Waals surface area (Å²) in [5.41, 5.74) is 0. The molecule has 0 aromatic heterocycles. The second-order valence-electron chi connectivity index (χ2n) is 25.2. The summed E-state index contributed by atoms with van der Waals surface area (Å²) in [5.74, 6) is 0.763. The molecule has 0 saturated carbocycles. The first-order valence-electron chi connectivity index (χ1n) is 33.7. The zero-order valence-corrected chi connectivity index (χ0v) is 56.3. The molecule has 3 N–H and O–H groups in total. The van der Waals surface area contributed by atoms with Crippen LogP contribution in [-0.2, 0) is 65.4 Å². The largest absolute Gasteiger partial charge is 0.472 e. The minimum absolute atomic E-state index is 0.102. The van der Waals surface area contributed by atoms with Crippen LogP contribution in [0.4, 0.5) is 0 Å². The van der Waals surface area contributed by atoms with Gasteiger partial charge in [0.05, 0.1) is 26.4 Å². The van der Waals surface area contributed by atoms with Gasteiger partial charge in [-0.05, 0) is 49.4 Å². The number of unbranched alkanes of at least 4 members (excludes halogenated alkanes) is 27. The minimum atomic E-state index is -4.95. The van der Waals surface area contributed by atoms with Crippen molar-refractivity contribution in [2.24, 2.45) is 23.7 Å². The highest BCUT2D eigenvalue weighted by molar-refractivity contribution is 7.47. The fraction of sp³-hybridized carbons (Fsp3) is 0.938. The van der Waals surface area contributed by atoms with Crippen molar-refractivity contribution in [2.45, 2.75) is 331 Å². The number of hydrogen-bond acceptors (Lipinski definition) is 15. The van der Waals surface area contributed by atoms with Gasteiger partial charge in [0.15, 0.2) is 12.2 Å². The van der Waals surface area contributed by atoms with E-state index < -0.39 is 97.5 Å². The Kier molecular flexibility index (Phi) is 53.9. The zero-order valence-electron chi connectivity index (χ0n) is 54.5. The molecule has 6 atom stereocenters. The Balaban J connectivity index is 5.25. The van der Waals surface area contributed by atoms with E-state index in [1.54, 1.807) is 0 Å². The zero-order chi connectivity index (χ0) is 62.5. The third kappa shape index (κ3) is 57.8. The van der Waals surface area contributed by atoms with E-state index in [1.165, 1.54) is 109 Å². The van der Waals surface area contributed by atoms with Gasteiger partial charge in [0.1, 0.15) is 19.3 Å². The van der Waals surface area contributed by atoms with Gasteiger partial charge in [-0.25, -0.2) is 9.13 Å². The van der Waals surface area contributed by atoms with E-state index in [9.17, 15) is 43.2 Å². The van der Waals surface area contributed by atoms with Gasteiger partial charge in [0, 0.05) is 25.7 Å². The summed E-state index contributed by atoms with van der Waals surface area (Å²) in [6, 6.07) is 0. The van der Waals surface area contributed by atoms with Gasteiger partial charge in [0.25, 0.3) is 0 Å². The van der Waals surface area contributed by atoms with Crippen molar-refractivity contribution in [1.29, 1.82) is 0 Å². The van der Waals surface area contributed by atoms with Crippen molar-refractivity contribution in [3.63, 3.8) is 0 Å². The van der Waals surface area contributed by atoms with Crippen LogP contribution in [0.5, 0.6) is 0 Å². The molecule has 84 heavy (non-hydrogen) atoms. The molecular formula is C65H126O17P2. The number of aliphatic hydroxyl groups is 1. The van der Waals surface area contributed by atoms with Crippen LogP contribution >= 0.6 is 15.6 Å².